The van der Waals surface area contributed by atoms with Crippen LogP contribution >= 0.6 is 0 Å². The lowest BCUT2D eigenvalue weighted by Crippen LogP contribution is -2.24. The highest BCUT2D eigenvalue weighted by atomic mass is 32.2. The van der Waals surface area contributed by atoms with E-state index in [4.69, 9.17) is 6.42 Å². The summed E-state index contributed by atoms with van der Waals surface area (Å²) in [6, 6.07) is 6.01. The predicted octanol–water partition coefficient (Wildman–Crippen LogP) is 1.73. The Morgan fingerprint density at radius 2 is 1.90 bits per heavy atom. The Labute approximate surface area is 119 Å². The van der Waals surface area contributed by atoms with Crippen LogP contribution in [0.25, 0.3) is 0 Å². The molecule has 0 saturated carbocycles. The summed E-state index contributed by atoms with van der Waals surface area (Å²) in [6.45, 7) is 1.75. The molecule has 0 fully saturated rings. The van der Waals surface area contributed by atoms with Crippen molar-refractivity contribution in [1.82, 2.24) is 4.72 Å². The van der Waals surface area contributed by atoms with Gasteiger partial charge in [0.25, 0.3) is 0 Å². The lowest BCUT2D eigenvalue weighted by Gasteiger charge is -2.07. The minimum atomic E-state index is -3.51. The molecule has 0 aromatic heterocycles. The van der Waals surface area contributed by atoms with E-state index in [1.165, 1.54) is 19.1 Å². The van der Waals surface area contributed by atoms with Crippen molar-refractivity contribution >= 4 is 21.6 Å². The van der Waals surface area contributed by atoms with E-state index in [0.717, 1.165) is 6.42 Å². The van der Waals surface area contributed by atoms with Gasteiger partial charge in [-0.3, -0.25) is 4.79 Å². The SMILES string of the molecule is C#CCCCCNS(=O)(=O)c1ccc(NC(C)=O)cc1. The first-order chi connectivity index (χ1) is 9.45. The minimum absolute atomic E-state index is 0.170. The van der Waals surface area contributed by atoms with E-state index in [-0.39, 0.29) is 10.8 Å². The molecular formula is C14H18N2O3S. The number of terminal acetylenes is 1. The molecule has 0 saturated heterocycles. The van der Waals surface area contributed by atoms with Crippen LogP contribution in [0.15, 0.2) is 29.2 Å². The lowest BCUT2D eigenvalue weighted by molar-refractivity contribution is -0.114. The molecule has 20 heavy (non-hydrogen) atoms. The maximum absolute atomic E-state index is 12.0. The third kappa shape index (κ3) is 5.43. The third-order valence-electron chi connectivity index (χ3n) is 2.52. The van der Waals surface area contributed by atoms with Crippen LogP contribution in [0.5, 0.6) is 0 Å². The Kier molecular flexibility index (Phi) is 6.22. The molecule has 0 heterocycles. The number of hydrogen-bond donors (Lipinski definition) is 2. The number of unbranched alkanes of at least 4 members (excludes halogenated alkanes) is 2. The number of carbonyl (C=O) groups excluding carboxylic acids is 1. The Bertz CT molecular complexity index is 586. The summed E-state index contributed by atoms with van der Waals surface area (Å²) >= 11 is 0. The van der Waals surface area contributed by atoms with Gasteiger partial charge in [-0.1, -0.05) is 0 Å². The van der Waals surface area contributed by atoms with Crippen LogP contribution in [0.1, 0.15) is 26.2 Å². The van der Waals surface area contributed by atoms with Gasteiger partial charge in [-0.2, -0.15) is 0 Å². The van der Waals surface area contributed by atoms with Gasteiger partial charge in [0.05, 0.1) is 4.90 Å². The Morgan fingerprint density at radius 1 is 1.25 bits per heavy atom. The fourth-order valence-electron chi connectivity index (χ4n) is 1.56. The molecule has 0 aliphatic heterocycles. The van der Waals surface area contributed by atoms with E-state index < -0.39 is 10.0 Å². The van der Waals surface area contributed by atoms with Gasteiger partial charge in [-0.15, -0.1) is 12.3 Å². The molecule has 0 radical (unpaired) electrons. The number of anilines is 1. The van der Waals surface area contributed by atoms with Crippen molar-refractivity contribution in [3.63, 3.8) is 0 Å². The molecule has 0 unspecified atom stereocenters. The van der Waals surface area contributed by atoms with Gasteiger partial charge >= 0.3 is 0 Å². The molecule has 0 aliphatic rings. The molecule has 0 aliphatic carbocycles. The zero-order valence-electron chi connectivity index (χ0n) is 11.3. The molecule has 0 spiro atoms. The fourth-order valence-corrected chi connectivity index (χ4v) is 2.64. The van der Waals surface area contributed by atoms with E-state index >= 15 is 0 Å². The lowest BCUT2D eigenvalue weighted by atomic mass is 10.2. The van der Waals surface area contributed by atoms with E-state index in [9.17, 15) is 13.2 Å². The van der Waals surface area contributed by atoms with Crippen molar-refractivity contribution in [1.29, 1.82) is 0 Å². The first kappa shape index (κ1) is 16.2. The first-order valence-electron chi connectivity index (χ1n) is 6.26. The molecule has 0 atom stereocenters. The Balaban J connectivity index is 2.59. The van der Waals surface area contributed by atoms with Crippen LogP contribution in [0.4, 0.5) is 5.69 Å². The van der Waals surface area contributed by atoms with Crippen LogP contribution in [0.3, 0.4) is 0 Å². The van der Waals surface area contributed by atoms with Crippen LogP contribution in [-0.4, -0.2) is 20.9 Å². The molecule has 1 aromatic rings. The van der Waals surface area contributed by atoms with Gasteiger partial charge in [-0.05, 0) is 37.1 Å². The zero-order valence-corrected chi connectivity index (χ0v) is 12.2. The van der Waals surface area contributed by atoms with Crippen molar-refractivity contribution in [3.05, 3.63) is 24.3 Å². The van der Waals surface area contributed by atoms with E-state index in [0.29, 0.717) is 25.1 Å². The average Bonchev–Trinajstić information content (AvgIpc) is 2.38. The fraction of sp³-hybridized carbons (Fsp3) is 0.357. The maximum atomic E-state index is 12.0. The van der Waals surface area contributed by atoms with Gasteiger partial charge in [0, 0.05) is 25.6 Å². The van der Waals surface area contributed by atoms with Crippen LogP contribution < -0.4 is 10.0 Å². The summed E-state index contributed by atoms with van der Waals surface area (Å²) in [7, 11) is -3.51. The minimum Gasteiger partial charge on any atom is -0.326 e. The topological polar surface area (TPSA) is 75.3 Å². The monoisotopic (exact) mass is 294 g/mol. The summed E-state index contributed by atoms with van der Waals surface area (Å²) in [5, 5.41) is 2.58. The number of benzene rings is 1. The smallest absolute Gasteiger partial charge is 0.240 e. The molecule has 1 amide bonds. The van der Waals surface area contributed by atoms with Gasteiger partial charge in [0.2, 0.25) is 15.9 Å². The van der Waals surface area contributed by atoms with Crippen molar-refractivity contribution in [3.8, 4) is 12.3 Å². The predicted molar refractivity (Wildman–Crippen MR) is 78.6 cm³/mol. The average molecular weight is 294 g/mol. The summed E-state index contributed by atoms with van der Waals surface area (Å²) in [6.07, 6.45) is 7.26. The summed E-state index contributed by atoms with van der Waals surface area (Å²) in [5.41, 5.74) is 0.561. The molecular weight excluding hydrogens is 276 g/mol. The number of rotatable bonds is 7. The zero-order chi connectivity index (χ0) is 15.0. The first-order valence-corrected chi connectivity index (χ1v) is 7.75. The van der Waals surface area contributed by atoms with Crippen LogP contribution in [0.2, 0.25) is 0 Å². The largest absolute Gasteiger partial charge is 0.326 e. The highest BCUT2D eigenvalue weighted by Gasteiger charge is 2.12. The number of amides is 1. The number of hydrogen-bond acceptors (Lipinski definition) is 3. The maximum Gasteiger partial charge on any atom is 0.240 e. The van der Waals surface area contributed by atoms with Crippen molar-refractivity contribution in [2.75, 3.05) is 11.9 Å². The van der Waals surface area contributed by atoms with Crippen molar-refractivity contribution < 1.29 is 13.2 Å². The second kappa shape index (κ2) is 7.68. The highest BCUT2D eigenvalue weighted by molar-refractivity contribution is 7.89. The Morgan fingerprint density at radius 3 is 2.45 bits per heavy atom. The summed E-state index contributed by atoms with van der Waals surface area (Å²) < 4.78 is 26.4. The van der Waals surface area contributed by atoms with Gasteiger partial charge in [0.15, 0.2) is 0 Å². The van der Waals surface area contributed by atoms with Crippen molar-refractivity contribution in [2.45, 2.75) is 31.1 Å². The Hall–Kier alpha value is -1.84. The van der Waals surface area contributed by atoms with Gasteiger partial charge in [-0.25, -0.2) is 13.1 Å². The second-order valence-electron chi connectivity index (χ2n) is 4.26. The van der Waals surface area contributed by atoms with Crippen molar-refractivity contribution in [2.24, 2.45) is 0 Å². The number of nitrogens with one attached hydrogen (secondary N) is 2. The van der Waals surface area contributed by atoms with E-state index in [2.05, 4.69) is 16.0 Å². The molecule has 1 aromatic carbocycles. The summed E-state index contributed by atoms with van der Waals surface area (Å²) in [4.78, 5) is 11.0. The third-order valence-corrected chi connectivity index (χ3v) is 4.00. The normalized spacial score (nSPS) is 10.8. The van der Waals surface area contributed by atoms with Gasteiger partial charge < -0.3 is 5.32 Å². The highest BCUT2D eigenvalue weighted by Crippen LogP contribution is 2.13. The molecule has 5 nitrogen and oxygen atoms in total. The standard InChI is InChI=1S/C14H18N2O3S/c1-3-4-5-6-11-15-20(18,19)14-9-7-13(8-10-14)16-12(2)17/h1,7-10,15H,4-6,11H2,2H3,(H,16,17). The number of carbonyl (C=O) groups is 1. The molecule has 108 valence electrons. The molecule has 0 bridgehead atoms. The van der Waals surface area contributed by atoms with Crippen LogP contribution in [-0.2, 0) is 14.8 Å². The number of sulfonamides is 1. The van der Waals surface area contributed by atoms with Crippen LogP contribution in [0, 0.1) is 12.3 Å². The van der Waals surface area contributed by atoms with Gasteiger partial charge in [0.1, 0.15) is 0 Å². The molecule has 2 N–H and O–H groups in total. The quantitative estimate of drug-likeness (QED) is 0.594. The van der Waals surface area contributed by atoms with E-state index in [1.54, 1.807) is 12.1 Å². The molecule has 6 heteroatoms. The second-order valence-corrected chi connectivity index (χ2v) is 6.03. The molecule has 1 rings (SSSR count). The van der Waals surface area contributed by atoms with E-state index in [1.807, 2.05) is 0 Å². The summed E-state index contributed by atoms with van der Waals surface area (Å²) in [5.74, 6) is 2.31.